The molecule has 1 radical (unpaired) electrons. The second-order valence-corrected chi connectivity index (χ2v) is 25.9. The first-order chi connectivity index (χ1) is 29.1. The maximum atomic E-state index is 14.6. The van der Waals surface area contributed by atoms with Crippen molar-refractivity contribution in [1.29, 1.82) is 0 Å². The van der Waals surface area contributed by atoms with Crippen LogP contribution in [0, 0.1) is 31.7 Å². The maximum Gasteiger partial charge on any atom is 0 e. The van der Waals surface area contributed by atoms with Crippen molar-refractivity contribution in [1.82, 2.24) is 19.5 Å². The molecular formula is C48H37FGeIrN4S-2. The summed E-state index contributed by atoms with van der Waals surface area (Å²) >= 11 is -1.21. The Kier molecular flexibility index (Phi) is 8.40. The third-order valence-corrected chi connectivity index (χ3v) is 15.1. The Bertz CT molecular complexity index is 3270. The molecule has 4 aromatic heterocycles. The third kappa shape index (κ3) is 6.77. The molecule has 8 heteroatoms. The van der Waals surface area contributed by atoms with Gasteiger partial charge in [0.25, 0.3) is 0 Å². The van der Waals surface area contributed by atoms with Gasteiger partial charge in [-0.1, -0.05) is 65.5 Å². The molecule has 0 saturated heterocycles. The van der Waals surface area contributed by atoms with Gasteiger partial charge < -0.3 is 4.57 Å². The number of hydrogen-bond donors (Lipinski definition) is 0. The van der Waals surface area contributed by atoms with Gasteiger partial charge in [0.2, 0.25) is 0 Å². The van der Waals surface area contributed by atoms with Gasteiger partial charge in [0.05, 0.1) is 22.4 Å². The molecule has 4 nitrogen and oxygen atoms in total. The van der Waals surface area contributed by atoms with E-state index in [0.29, 0.717) is 26.6 Å². The average molecular weight is 992 g/mol. The SMILES string of the molecule is Fc1cccc2nc3sc4c(-c5nc6ccccc6n5-c5cccc6ccccc56)[c-]ccc4c3cc12.[2H]C([2H])([2H])c1cc(-c2[c-]cccc2)nc(C([2H])([2H])[2H])[c]1[Ge]([CH3])([CH3])[CH3].[Ir]. The van der Waals surface area contributed by atoms with Gasteiger partial charge in [-0.2, -0.15) is 11.3 Å². The number of benzene rings is 6. The first-order valence-electron chi connectivity index (χ1n) is 20.9. The summed E-state index contributed by atoms with van der Waals surface area (Å²) in [6.07, 6.45) is 0. The van der Waals surface area contributed by atoms with Crippen LogP contribution in [0.2, 0.25) is 17.3 Å². The standard InChI is InChI=1S/C32H17FN3S.C16H20GeN.Ir/c33-25-13-7-15-26-24(25)18-23-21-11-6-12-22(30(21)37-32(23)35-26)31-34-27-14-3-4-16-29(27)36(31)28-17-5-9-19-8-1-2-10-20(19)28;1-12-11-15(14-9-7-6-8-10-14)18-13(2)16(12)17(3,4)5;/h1-11,13-18H;6-9,11H,1-5H3;/q2*-1;/i;1D3,2D3;. The monoisotopic (exact) mass is 993 g/mol. The van der Waals surface area contributed by atoms with E-state index >= 15 is 0 Å². The third-order valence-electron chi connectivity index (χ3n) is 9.76. The summed E-state index contributed by atoms with van der Waals surface area (Å²) in [6.45, 7) is -4.85. The van der Waals surface area contributed by atoms with Gasteiger partial charge in [-0.3, -0.25) is 4.98 Å². The van der Waals surface area contributed by atoms with Gasteiger partial charge in [-0.05, 0) is 46.5 Å². The van der Waals surface area contributed by atoms with E-state index in [0.717, 1.165) is 53.8 Å². The van der Waals surface area contributed by atoms with Crippen LogP contribution in [-0.4, -0.2) is 32.8 Å². The Hall–Kier alpha value is -5.05. The smallest absolute Gasteiger partial charge is 0 e. The van der Waals surface area contributed by atoms with Crippen LogP contribution >= 0.6 is 11.3 Å². The molecule has 10 aromatic rings. The average Bonchev–Trinajstić information content (AvgIpc) is 3.80. The minimum atomic E-state index is -2.82. The first kappa shape index (κ1) is 31.1. The molecule has 0 amide bonds. The van der Waals surface area contributed by atoms with Gasteiger partial charge >= 0.3 is 121 Å². The Morgan fingerprint density at radius 3 is 2.30 bits per heavy atom. The zero-order valence-corrected chi connectivity index (χ0v) is 35.9. The van der Waals surface area contributed by atoms with Crippen molar-refractivity contribution in [3.63, 3.8) is 0 Å². The van der Waals surface area contributed by atoms with E-state index in [2.05, 4.69) is 70.2 Å². The van der Waals surface area contributed by atoms with Crippen LogP contribution in [0.25, 0.3) is 81.3 Å². The van der Waals surface area contributed by atoms with Crippen molar-refractivity contribution in [2.24, 2.45) is 0 Å². The Balaban J connectivity index is 0.000000185. The normalized spacial score (nSPS) is 13.6. The van der Waals surface area contributed by atoms with Crippen LogP contribution in [0.15, 0.2) is 133 Å². The number of imidazole rings is 1. The quantitative estimate of drug-likeness (QED) is 0.130. The van der Waals surface area contributed by atoms with Crippen LogP contribution in [0.1, 0.15) is 19.5 Å². The molecule has 56 heavy (non-hydrogen) atoms. The first-order valence-corrected chi connectivity index (χ1v) is 26.1. The molecule has 0 bridgehead atoms. The molecular weight excluding hydrogens is 948 g/mol. The summed E-state index contributed by atoms with van der Waals surface area (Å²) in [5.74, 6) is 6.51. The molecule has 0 atom stereocenters. The summed E-state index contributed by atoms with van der Waals surface area (Å²) in [6, 6.07) is 48.9. The molecule has 0 spiro atoms. The number of halogens is 1. The Morgan fingerprint density at radius 2 is 1.48 bits per heavy atom. The van der Waals surface area contributed by atoms with Gasteiger partial charge in [0, 0.05) is 42.0 Å². The Morgan fingerprint density at radius 1 is 0.696 bits per heavy atom. The number of para-hydroxylation sites is 2. The van der Waals surface area contributed by atoms with Gasteiger partial charge in [0.1, 0.15) is 10.6 Å². The number of rotatable bonds is 4. The van der Waals surface area contributed by atoms with E-state index in [-0.39, 0.29) is 37.2 Å². The van der Waals surface area contributed by atoms with Crippen LogP contribution < -0.4 is 4.40 Å². The van der Waals surface area contributed by atoms with Gasteiger partial charge in [0.15, 0.2) is 0 Å². The number of aryl methyl sites for hydroxylation is 2. The summed E-state index contributed by atoms with van der Waals surface area (Å²) in [7, 11) is 0. The molecule has 0 aliphatic carbocycles. The van der Waals surface area contributed by atoms with Gasteiger partial charge in [-0.15, -0.1) is 18.2 Å². The minimum Gasteiger partial charge on any atom is 0 e. The van der Waals surface area contributed by atoms with Crippen molar-refractivity contribution in [2.75, 3.05) is 0 Å². The van der Waals surface area contributed by atoms with Crippen molar-refractivity contribution in [2.45, 2.75) is 31.0 Å². The fraction of sp³-hybridized carbons (Fsp3) is 0.104. The fourth-order valence-electron chi connectivity index (χ4n) is 7.31. The van der Waals surface area contributed by atoms with Gasteiger partial charge in [-0.25, -0.2) is 9.37 Å². The number of fused-ring (bicyclic) bond motifs is 6. The predicted octanol–water partition coefficient (Wildman–Crippen LogP) is 12.4. The number of nitrogens with zero attached hydrogens (tertiary/aromatic N) is 4. The van der Waals surface area contributed by atoms with E-state index < -0.39 is 27.0 Å². The second-order valence-electron chi connectivity index (χ2n) is 14.4. The van der Waals surface area contributed by atoms with E-state index in [1.165, 1.54) is 17.5 Å². The van der Waals surface area contributed by atoms with E-state index in [4.69, 9.17) is 18.2 Å². The Labute approximate surface area is 354 Å². The van der Waals surface area contributed by atoms with Crippen molar-refractivity contribution in [3.8, 4) is 28.3 Å². The number of aromatic nitrogens is 4. The molecule has 4 heterocycles. The van der Waals surface area contributed by atoms with Crippen LogP contribution in [0.5, 0.6) is 0 Å². The summed E-state index contributed by atoms with van der Waals surface area (Å²) in [4.78, 5) is 15.2. The maximum absolute atomic E-state index is 14.6. The molecule has 0 aliphatic rings. The van der Waals surface area contributed by atoms with E-state index in [1.54, 1.807) is 41.7 Å². The predicted molar refractivity (Wildman–Crippen MR) is 232 cm³/mol. The summed E-state index contributed by atoms with van der Waals surface area (Å²) in [5.41, 5.74) is 5.55. The fourth-order valence-corrected chi connectivity index (χ4v) is 11.9. The minimum absolute atomic E-state index is 0. The number of hydrogen-bond acceptors (Lipinski definition) is 4. The van der Waals surface area contributed by atoms with Crippen molar-refractivity contribution >= 4 is 82.0 Å². The molecule has 6 aromatic carbocycles. The topological polar surface area (TPSA) is 43.6 Å². The van der Waals surface area contributed by atoms with Crippen molar-refractivity contribution in [3.05, 3.63) is 163 Å². The zero-order chi connectivity index (χ0) is 42.8. The van der Waals surface area contributed by atoms with Crippen LogP contribution in [0.3, 0.4) is 0 Å². The zero-order valence-electron chi connectivity index (χ0n) is 36.6. The van der Waals surface area contributed by atoms with E-state index in [1.807, 2.05) is 59.7 Å². The summed E-state index contributed by atoms with van der Waals surface area (Å²) in [5, 5.41) is 4.84. The summed E-state index contributed by atoms with van der Waals surface area (Å²) < 4.78 is 65.6. The van der Waals surface area contributed by atoms with Crippen LogP contribution in [0.4, 0.5) is 4.39 Å². The molecule has 0 unspecified atom stereocenters. The molecule has 0 fully saturated rings. The number of thiophene rings is 1. The molecule has 10 rings (SSSR count). The molecule has 0 N–H and O–H groups in total. The number of pyridine rings is 2. The van der Waals surface area contributed by atoms with Crippen LogP contribution in [-0.2, 0) is 20.1 Å². The molecule has 0 aliphatic heterocycles. The largest absolute Gasteiger partial charge is 0 e. The molecule has 277 valence electrons. The van der Waals surface area contributed by atoms with E-state index in [9.17, 15) is 4.39 Å². The van der Waals surface area contributed by atoms with Crippen molar-refractivity contribution < 1.29 is 32.7 Å². The second kappa shape index (κ2) is 15.1. The molecule has 0 saturated carbocycles.